The SMILES string of the molecule is O=C(O)c1cc(NS(=O)(=O)C2CCS(=O)(=O)CC2)n[nH]1. The summed E-state index contributed by atoms with van der Waals surface area (Å²) in [4.78, 5) is 10.6. The lowest BCUT2D eigenvalue weighted by Crippen LogP contribution is -2.36. The fourth-order valence-corrected chi connectivity index (χ4v) is 5.10. The van der Waals surface area contributed by atoms with Gasteiger partial charge in [0.15, 0.2) is 5.82 Å². The Kier molecular flexibility index (Phi) is 3.73. The molecule has 1 fully saturated rings. The second-order valence-corrected chi connectivity index (χ2v) is 8.73. The standard InChI is InChI=1S/C9H13N3O6S2/c13-9(14)7-5-8(11-10-7)12-20(17,18)6-1-3-19(15,16)4-2-6/h5-6H,1-4H2,(H,13,14)(H2,10,11,12). The van der Waals surface area contributed by atoms with Crippen molar-refractivity contribution in [2.24, 2.45) is 0 Å². The largest absolute Gasteiger partial charge is 0.477 e. The molecule has 9 nitrogen and oxygen atoms in total. The summed E-state index contributed by atoms with van der Waals surface area (Å²) in [6.45, 7) is 0. The van der Waals surface area contributed by atoms with Crippen molar-refractivity contribution in [3.63, 3.8) is 0 Å². The molecule has 0 radical (unpaired) electrons. The van der Waals surface area contributed by atoms with E-state index in [1.807, 2.05) is 0 Å². The van der Waals surface area contributed by atoms with Crippen LogP contribution in [-0.4, -0.2) is 54.9 Å². The van der Waals surface area contributed by atoms with Gasteiger partial charge in [0.05, 0.1) is 16.8 Å². The van der Waals surface area contributed by atoms with E-state index in [1.165, 1.54) is 0 Å². The van der Waals surface area contributed by atoms with Gasteiger partial charge in [0.2, 0.25) is 10.0 Å². The zero-order valence-electron chi connectivity index (χ0n) is 10.2. The maximum Gasteiger partial charge on any atom is 0.353 e. The number of sulfone groups is 1. The van der Waals surface area contributed by atoms with E-state index < -0.39 is 31.1 Å². The van der Waals surface area contributed by atoms with Gasteiger partial charge in [0, 0.05) is 6.07 Å². The Morgan fingerprint density at radius 3 is 2.50 bits per heavy atom. The van der Waals surface area contributed by atoms with Crippen molar-refractivity contribution in [1.29, 1.82) is 0 Å². The Balaban J connectivity index is 2.09. The highest BCUT2D eigenvalue weighted by Crippen LogP contribution is 2.21. The maximum absolute atomic E-state index is 12.0. The second-order valence-electron chi connectivity index (χ2n) is 4.47. The van der Waals surface area contributed by atoms with E-state index in [4.69, 9.17) is 5.11 Å². The third kappa shape index (κ3) is 3.28. The fourth-order valence-electron chi connectivity index (χ4n) is 1.89. The molecular formula is C9H13N3O6S2. The first-order valence-corrected chi connectivity index (χ1v) is 9.07. The summed E-state index contributed by atoms with van der Waals surface area (Å²) < 4.78 is 48.8. The van der Waals surface area contributed by atoms with Gasteiger partial charge in [0.25, 0.3) is 0 Å². The van der Waals surface area contributed by atoms with Crippen LogP contribution in [0.1, 0.15) is 23.3 Å². The molecule has 0 aliphatic carbocycles. The predicted molar refractivity (Wildman–Crippen MR) is 69.8 cm³/mol. The van der Waals surface area contributed by atoms with Crippen LogP contribution in [0.4, 0.5) is 5.82 Å². The topological polar surface area (TPSA) is 146 Å². The number of aromatic amines is 1. The number of carboxylic acids is 1. The third-order valence-electron chi connectivity index (χ3n) is 3.00. The van der Waals surface area contributed by atoms with Crippen LogP contribution >= 0.6 is 0 Å². The Morgan fingerprint density at radius 2 is 2.00 bits per heavy atom. The van der Waals surface area contributed by atoms with Crippen molar-refractivity contribution in [3.8, 4) is 0 Å². The fraction of sp³-hybridized carbons (Fsp3) is 0.556. The minimum absolute atomic E-state index is 0.0217. The molecule has 3 N–H and O–H groups in total. The number of anilines is 1. The first kappa shape index (κ1) is 14.8. The molecule has 0 saturated carbocycles. The Hall–Kier alpha value is -1.62. The van der Waals surface area contributed by atoms with E-state index in [1.54, 1.807) is 0 Å². The van der Waals surface area contributed by atoms with Crippen molar-refractivity contribution in [2.45, 2.75) is 18.1 Å². The summed E-state index contributed by atoms with van der Waals surface area (Å²) in [6.07, 6.45) is 0.0434. The van der Waals surface area contributed by atoms with E-state index >= 15 is 0 Å². The molecule has 1 aromatic rings. The molecule has 1 aliphatic heterocycles. The van der Waals surface area contributed by atoms with Gasteiger partial charge in [-0.25, -0.2) is 21.6 Å². The number of nitrogens with one attached hydrogen (secondary N) is 2. The summed E-state index contributed by atoms with van der Waals surface area (Å²) in [7, 11) is -6.94. The molecule has 1 aliphatic rings. The molecule has 20 heavy (non-hydrogen) atoms. The number of nitrogens with zero attached hydrogens (tertiary/aromatic N) is 1. The molecule has 0 aromatic carbocycles. The van der Waals surface area contributed by atoms with E-state index in [9.17, 15) is 21.6 Å². The molecule has 0 unspecified atom stereocenters. The second kappa shape index (κ2) is 5.05. The van der Waals surface area contributed by atoms with Crippen LogP contribution in [0.3, 0.4) is 0 Å². The van der Waals surface area contributed by atoms with Crippen molar-refractivity contribution in [3.05, 3.63) is 11.8 Å². The molecule has 0 amide bonds. The average molecular weight is 323 g/mol. The third-order valence-corrected chi connectivity index (χ3v) is 6.55. The number of rotatable bonds is 4. The van der Waals surface area contributed by atoms with E-state index in [-0.39, 0.29) is 35.9 Å². The molecule has 0 atom stereocenters. The monoisotopic (exact) mass is 323 g/mol. The highest BCUT2D eigenvalue weighted by molar-refractivity contribution is 7.94. The van der Waals surface area contributed by atoms with Crippen molar-refractivity contribution < 1.29 is 26.7 Å². The number of sulfonamides is 1. The molecule has 0 bridgehead atoms. The molecule has 0 spiro atoms. The van der Waals surface area contributed by atoms with Crippen LogP contribution in [-0.2, 0) is 19.9 Å². The smallest absolute Gasteiger partial charge is 0.353 e. The number of aromatic nitrogens is 2. The van der Waals surface area contributed by atoms with Crippen LogP contribution in [0.15, 0.2) is 6.07 Å². The van der Waals surface area contributed by atoms with Gasteiger partial charge >= 0.3 is 5.97 Å². The van der Waals surface area contributed by atoms with Crippen LogP contribution in [0.25, 0.3) is 0 Å². The molecule has 1 aromatic heterocycles. The first-order valence-electron chi connectivity index (χ1n) is 5.70. The van der Waals surface area contributed by atoms with Gasteiger partial charge in [-0.05, 0) is 12.8 Å². The molecular weight excluding hydrogens is 310 g/mol. The Labute approximate surface area is 115 Å². The highest BCUT2D eigenvalue weighted by Gasteiger charge is 2.33. The summed E-state index contributed by atoms with van der Waals surface area (Å²) in [5, 5.41) is 13.6. The van der Waals surface area contributed by atoms with Gasteiger partial charge in [0.1, 0.15) is 15.5 Å². The minimum Gasteiger partial charge on any atom is -0.477 e. The van der Waals surface area contributed by atoms with Crippen LogP contribution < -0.4 is 4.72 Å². The van der Waals surface area contributed by atoms with Crippen LogP contribution in [0.2, 0.25) is 0 Å². The lowest BCUT2D eigenvalue weighted by Gasteiger charge is -2.21. The summed E-state index contributed by atoms with van der Waals surface area (Å²) in [6, 6.07) is 1.06. The maximum atomic E-state index is 12.0. The lowest BCUT2D eigenvalue weighted by atomic mass is 10.2. The number of hydrogen-bond acceptors (Lipinski definition) is 6. The Morgan fingerprint density at radius 1 is 1.40 bits per heavy atom. The molecule has 1 saturated heterocycles. The lowest BCUT2D eigenvalue weighted by molar-refractivity contribution is 0.0690. The minimum atomic E-state index is -3.79. The number of hydrogen-bond donors (Lipinski definition) is 3. The van der Waals surface area contributed by atoms with Gasteiger partial charge < -0.3 is 5.11 Å². The van der Waals surface area contributed by atoms with Crippen LogP contribution in [0, 0.1) is 0 Å². The van der Waals surface area contributed by atoms with Crippen molar-refractivity contribution >= 4 is 31.6 Å². The zero-order valence-corrected chi connectivity index (χ0v) is 11.9. The molecule has 112 valence electrons. The number of carbonyl (C=O) groups is 1. The number of carboxylic acid groups (broad SMARTS) is 1. The number of aromatic carboxylic acids is 1. The summed E-state index contributed by atoms with van der Waals surface area (Å²) in [5.41, 5.74) is -0.242. The normalized spacial score (nSPS) is 19.6. The van der Waals surface area contributed by atoms with E-state index in [2.05, 4.69) is 14.9 Å². The van der Waals surface area contributed by atoms with E-state index in [0.717, 1.165) is 6.07 Å². The predicted octanol–water partition coefficient (Wildman–Crippen LogP) is -0.573. The summed E-state index contributed by atoms with van der Waals surface area (Å²) in [5.74, 6) is -1.72. The molecule has 11 heteroatoms. The van der Waals surface area contributed by atoms with Gasteiger partial charge in [-0.3, -0.25) is 9.82 Å². The number of H-pyrrole nitrogens is 1. The van der Waals surface area contributed by atoms with Gasteiger partial charge in [-0.15, -0.1) is 0 Å². The van der Waals surface area contributed by atoms with Crippen molar-refractivity contribution in [2.75, 3.05) is 16.2 Å². The van der Waals surface area contributed by atoms with E-state index in [0.29, 0.717) is 0 Å². The van der Waals surface area contributed by atoms with Gasteiger partial charge in [-0.1, -0.05) is 0 Å². The Bertz CT molecular complexity index is 707. The highest BCUT2D eigenvalue weighted by atomic mass is 32.2. The molecule has 2 heterocycles. The first-order chi connectivity index (χ1) is 9.20. The zero-order chi connectivity index (χ0) is 15.0. The van der Waals surface area contributed by atoms with Crippen molar-refractivity contribution in [1.82, 2.24) is 10.2 Å². The quantitative estimate of drug-likeness (QED) is 0.672. The molecule has 2 rings (SSSR count). The summed E-state index contributed by atoms with van der Waals surface area (Å²) >= 11 is 0. The van der Waals surface area contributed by atoms with Crippen LogP contribution in [0.5, 0.6) is 0 Å². The van der Waals surface area contributed by atoms with Gasteiger partial charge in [-0.2, -0.15) is 5.10 Å². The average Bonchev–Trinajstić information content (AvgIpc) is 2.76.